The summed E-state index contributed by atoms with van der Waals surface area (Å²) < 4.78 is 10.5. The van der Waals surface area contributed by atoms with E-state index in [1.807, 2.05) is 6.92 Å². The molecule has 1 atom stereocenters. The number of morpholine rings is 1. The van der Waals surface area contributed by atoms with Gasteiger partial charge in [-0.25, -0.2) is 0 Å². The third-order valence-corrected chi connectivity index (χ3v) is 3.45. The lowest BCUT2D eigenvalue weighted by atomic mass is 9.85. The second-order valence-electron chi connectivity index (χ2n) is 5.68. The van der Waals surface area contributed by atoms with Crippen LogP contribution in [0.2, 0.25) is 0 Å². The molecule has 18 heavy (non-hydrogen) atoms. The maximum atomic E-state index is 11.8. The number of carbonyl (C=O) groups is 1. The Morgan fingerprint density at radius 1 is 1.39 bits per heavy atom. The lowest BCUT2D eigenvalue weighted by Crippen LogP contribution is -2.53. The van der Waals surface area contributed by atoms with E-state index < -0.39 is 0 Å². The van der Waals surface area contributed by atoms with Gasteiger partial charge in [0.1, 0.15) is 0 Å². The summed E-state index contributed by atoms with van der Waals surface area (Å²) in [6, 6.07) is 0. The topological polar surface area (TPSA) is 38.8 Å². The molecule has 1 unspecified atom stereocenters. The van der Waals surface area contributed by atoms with Crippen molar-refractivity contribution in [1.82, 2.24) is 4.90 Å². The Kier molecular flexibility index (Phi) is 6.09. The van der Waals surface area contributed by atoms with E-state index in [4.69, 9.17) is 9.47 Å². The van der Waals surface area contributed by atoms with E-state index in [1.165, 1.54) is 0 Å². The van der Waals surface area contributed by atoms with Crippen molar-refractivity contribution < 1.29 is 14.3 Å². The monoisotopic (exact) mass is 257 g/mol. The Labute approximate surface area is 111 Å². The fraction of sp³-hybridized carbons (Fsp3) is 0.929. The van der Waals surface area contributed by atoms with E-state index in [9.17, 15) is 4.79 Å². The average Bonchev–Trinajstić information content (AvgIpc) is 2.29. The number of nitrogens with zero attached hydrogens (tertiary/aromatic N) is 1. The van der Waals surface area contributed by atoms with Crippen molar-refractivity contribution in [3.8, 4) is 0 Å². The summed E-state index contributed by atoms with van der Waals surface area (Å²) in [6.45, 7) is 12.2. The smallest absolute Gasteiger partial charge is 0.307 e. The molecule has 0 aliphatic carbocycles. The molecule has 1 aliphatic heterocycles. The van der Waals surface area contributed by atoms with Crippen LogP contribution in [0.3, 0.4) is 0 Å². The molecule has 1 saturated heterocycles. The van der Waals surface area contributed by atoms with Crippen LogP contribution in [0.5, 0.6) is 0 Å². The molecule has 0 bridgehead atoms. The zero-order valence-corrected chi connectivity index (χ0v) is 12.2. The minimum Gasteiger partial charge on any atom is -0.466 e. The summed E-state index contributed by atoms with van der Waals surface area (Å²) in [4.78, 5) is 14.2. The fourth-order valence-corrected chi connectivity index (χ4v) is 2.82. The zero-order valence-electron chi connectivity index (χ0n) is 12.2. The highest BCUT2D eigenvalue weighted by molar-refractivity contribution is 5.70. The summed E-state index contributed by atoms with van der Waals surface area (Å²) in [5, 5.41) is 0. The van der Waals surface area contributed by atoms with Crippen molar-refractivity contribution in [2.45, 2.75) is 46.1 Å². The van der Waals surface area contributed by atoms with Crippen LogP contribution in [-0.2, 0) is 14.3 Å². The van der Waals surface area contributed by atoms with Crippen molar-refractivity contribution in [3.05, 3.63) is 0 Å². The van der Waals surface area contributed by atoms with E-state index in [1.54, 1.807) is 0 Å². The highest BCUT2D eigenvalue weighted by Gasteiger charge is 2.36. The Morgan fingerprint density at radius 3 is 2.50 bits per heavy atom. The quantitative estimate of drug-likeness (QED) is 0.683. The maximum absolute atomic E-state index is 11.8. The molecular formula is C14H27NO3. The van der Waals surface area contributed by atoms with Gasteiger partial charge in [0.05, 0.1) is 26.2 Å². The van der Waals surface area contributed by atoms with Crippen LogP contribution in [0, 0.1) is 5.92 Å². The lowest BCUT2D eigenvalue weighted by molar-refractivity contribution is -0.147. The number of esters is 1. The Morgan fingerprint density at radius 2 is 2.00 bits per heavy atom. The summed E-state index contributed by atoms with van der Waals surface area (Å²) >= 11 is 0. The van der Waals surface area contributed by atoms with E-state index in [0.29, 0.717) is 18.9 Å². The second-order valence-corrected chi connectivity index (χ2v) is 5.68. The highest BCUT2D eigenvalue weighted by atomic mass is 16.5. The standard InChI is InChI=1S/C14H27NO3/c1-5-18-13(16)11-14(4,10-12(2)3)15-6-8-17-9-7-15/h12H,5-11H2,1-4H3. The molecule has 106 valence electrons. The molecule has 1 heterocycles. The number of ether oxygens (including phenoxy) is 2. The first-order valence-electron chi connectivity index (χ1n) is 6.96. The molecule has 4 heteroatoms. The van der Waals surface area contributed by atoms with Crippen molar-refractivity contribution in [2.24, 2.45) is 5.92 Å². The lowest BCUT2D eigenvalue weighted by Gasteiger charge is -2.43. The molecule has 0 amide bonds. The van der Waals surface area contributed by atoms with Gasteiger partial charge in [0.15, 0.2) is 0 Å². The molecule has 1 fully saturated rings. The van der Waals surface area contributed by atoms with Crippen LogP contribution in [0.4, 0.5) is 0 Å². The van der Waals surface area contributed by atoms with Gasteiger partial charge in [-0.05, 0) is 26.2 Å². The van der Waals surface area contributed by atoms with E-state index in [0.717, 1.165) is 32.7 Å². The zero-order chi connectivity index (χ0) is 13.6. The second kappa shape index (κ2) is 7.10. The number of carbonyl (C=O) groups excluding carboxylic acids is 1. The Bertz CT molecular complexity index is 262. The molecule has 0 aromatic rings. The van der Waals surface area contributed by atoms with Crippen LogP contribution in [0.15, 0.2) is 0 Å². The van der Waals surface area contributed by atoms with Crippen molar-refractivity contribution >= 4 is 5.97 Å². The molecule has 0 saturated carbocycles. The minimum atomic E-state index is -0.107. The van der Waals surface area contributed by atoms with Gasteiger partial charge in [0.25, 0.3) is 0 Å². The molecule has 1 aliphatic rings. The largest absolute Gasteiger partial charge is 0.466 e. The normalized spacial score (nSPS) is 20.7. The molecule has 0 N–H and O–H groups in total. The van der Waals surface area contributed by atoms with Crippen LogP contribution >= 0.6 is 0 Å². The number of hydrogen-bond donors (Lipinski definition) is 0. The van der Waals surface area contributed by atoms with Gasteiger partial charge in [0, 0.05) is 18.6 Å². The predicted octanol–water partition coefficient (Wildman–Crippen LogP) is 2.08. The van der Waals surface area contributed by atoms with Gasteiger partial charge in [-0.3, -0.25) is 9.69 Å². The van der Waals surface area contributed by atoms with Crippen LogP contribution in [-0.4, -0.2) is 49.3 Å². The number of rotatable bonds is 6. The van der Waals surface area contributed by atoms with E-state index in [2.05, 4.69) is 25.7 Å². The Hall–Kier alpha value is -0.610. The SMILES string of the molecule is CCOC(=O)CC(C)(CC(C)C)N1CCOCC1. The Balaban J connectivity index is 2.69. The van der Waals surface area contributed by atoms with Gasteiger partial charge >= 0.3 is 5.97 Å². The minimum absolute atomic E-state index is 0.0906. The highest BCUT2D eigenvalue weighted by Crippen LogP contribution is 2.29. The van der Waals surface area contributed by atoms with Crippen molar-refractivity contribution in [2.75, 3.05) is 32.9 Å². The molecule has 0 spiro atoms. The van der Waals surface area contributed by atoms with Crippen LogP contribution < -0.4 is 0 Å². The first kappa shape index (κ1) is 15.4. The fourth-order valence-electron chi connectivity index (χ4n) is 2.82. The van der Waals surface area contributed by atoms with Crippen molar-refractivity contribution in [1.29, 1.82) is 0 Å². The third-order valence-electron chi connectivity index (χ3n) is 3.45. The summed E-state index contributed by atoms with van der Waals surface area (Å²) in [7, 11) is 0. The predicted molar refractivity (Wildman–Crippen MR) is 71.5 cm³/mol. The molecule has 0 aromatic carbocycles. The van der Waals surface area contributed by atoms with Crippen LogP contribution in [0.25, 0.3) is 0 Å². The van der Waals surface area contributed by atoms with Gasteiger partial charge in [-0.1, -0.05) is 13.8 Å². The van der Waals surface area contributed by atoms with E-state index >= 15 is 0 Å². The van der Waals surface area contributed by atoms with Crippen molar-refractivity contribution in [3.63, 3.8) is 0 Å². The average molecular weight is 257 g/mol. The molecule has 4 nitrogen and oxygen atoms in total. The molecule has 0 aromatic heterocycles. The van der Waals surface area contributed by atoms with Gasteiger partial charge in [-0.2, -0.15) is 0 Å². The summed E-state index contributed by atoms with van der Waals surface area (Å²) in [6.07, 6.45) is 1.48. The molecular weight excluding hydrogens is 230 g/mol. The van der Waals surface area contributed by atoms with Crippen LogP contribution in [0.1, 0.15) is 40.5 Å². The molecule has 0 radical (unpaired) electrons. The van der Waals surface area contributed by atoms with Gasteiger partial charge in [0.2, 0.25) is 0 Å². The first-order chi connectivity index (χ1) is 8.48. The van der Waals surface area contributed by atoms with Gasteiger partial charge in [-0.15, -0.1) is 0 Å². The van der Waals surface area contributed by atoms with Gasteiger partial charge < -0.3 is 9.47 Å². The first-order valence-corrected chi connectivity index (χ1v) is 6.96. The molecule has 1 rings (SSSR count). The summed E-state index contributed by atoms with van der Waals surface area (Å²) in [5.41, 5.74) is -0.107. The third kappa shape index (κ3) is 4.58. The maximum Gasteiger partial charge on any atom is 0.307 e. The summed E-state index contributed by atoms with van der Waals surface area (Å²) in [5.74, 6) is 0.472. The number of hydrogen-bond acceptors (Lipinski definition) is 4. The van der Waals surface area contributed by atoms with E-state index in [-0.39, 0.29) is 11.5 Å².